The number of rotatable bonds is 4. The van der Waals surface area contributed by atoms with Crippen LogP contribution in [0.15, 0.2) is 64.4 Å². The first kappa shape index (κ1) is 13.2. The van der Waals surface area contributed by atoms with Crippen molar-refractivity contribution in [3.63, 3.8) is 0 Å². The first-order valence-electron chi connectivity index (χ1n) is 5.54. The summed E-state index contributed by atoms with van der Waals surface area (Å²) >= 11 is 2.95. The van der Waals surface area contributed by atoms with E-state index in [1.54, 1.807) is 11.8 Å². The zero-order valence-electron chi connectivity index (χ0n) is 9.84. The molecule has 0 aliphatic rings. The number of quaternary nitrogens is 1. The van der Waals surface area contributed by atoms with E-state index in [1.807, 2.05) is 30.3 Å². The molecule has 4 heteroatoms. The maximum Gasteiger partial charge on any atom is 0.374 e. The van der Waals surface area contributed by atoms with Crippen molar-refractivity contribution in [2.24, 2.45) is 0 Å². The summed E-state index contributed by atoms with van der Waals surface area (Å²) in [6, 6.07) is 18.4. The second kappa shape index (κ2) is 6.64. The van der Waals surface area contributed by atoms with E-state index in [-0.39, 0.29) is 5.24 Å². The number of carbonyl (C=O) groups excluding carboxylic acids is 1. The highest BCUT2D eigenvalue weighted by atomic mass is 32.2. The summed E-state index contributed by atoms with van der Waals surface area (Å²) in [5, 5.41) is -0.125. The fourth-order valence-corrected chi connectivity index (χ4v) is 2.87. The summed E-state index contributed by atoms with van der Waals surface area (Å²) in [5.41, 5.74) is 4.66. The predicted molar refractivity (Wildman–Crippen MR) is 76.6 cm³/mol. The summed E-state index contributed by atoms with van der Waals surface area (Å²) in [6.07, 6.45) is 0. The quantitative estimate of drug-likeness (QED) is 0.870. The molecule has 0 unspecified atom stereocenters. The second-order valence-electron chi connectivity index (χ2n) is 3.72. The summed E-state index contributed by atoms with van der Waals surface area (Å²) in [7, 11) is 0. The summed E-state index contributed by atoms with van der Waals surface area (Å²) < 4.78 is 0. The van der Waals surface area contributed by atoms with Crippen LogP contribution in [0.3, 0.4) is 0 Å². The molecule has 18 heavy (non-hydrogen) atoms. The first-order chi connectivity index (χ1) is 8.74. The van der Waals surface area contributed by atoms with Crippen molar-refractivity contribution in [3.8, 4) is 0 Å². The Hall–Kier alpha value is -1.23. The van der Waals surface area contributed by atoms with E-state index in [1.165, 1.54) is 10.5 Å². The molecule has 3 N–H and O–H groups in total. The van der Waals surface area contributed by atoms with Gasteiger partial charge in [0.05, 0.1) is 0 Å². The van der Waals surface area contributed by atoms with Gasteiger partial charge < -0.3 is 0 Å². The number of hydrogen-bond donors (Lipinski definition) is 1. The van der Waals surface area contributed by atoms with Crippen LogP contribution in [0, 0.1) is 0 Å². The molecule has 0 aliphatic heterocycles. The minimum atomic E-state index is -0.125. The summed E-state index contributed by atoms with van der Waals surface area (Å²) in [4.78, 5) is 13.0. The molecular weight excluding hydrogens is 262 g/mol. The third kappa shape index (κ3) is 4.22. The van der Waals surface area contributed by atoms with Gasteiger partial charge in [0, 0.05) is 27.3 Å². The van der Waals surface area contributed by atoms with E-state index >= 15 is 0 Å². The van der Waals surface area contributed by atoms with Crippen LogP contribution in [-0.4, -0.2) is 5.24 Å². The largest absolute Gasteiger partial charge is 0.374 e. The lowest BCUT2D eigenvalue weighted by Gasteiger charge is -2.02. The molecule has 92 valence electrons. The van der Waals surface area contributed by atoms with Crippen LogP contribution in [0.5, 0.6) is 0 Å². The van der Waals surface area contributed by atoms with Crippen LogP contribution in [-0.2, 0) is 5.75 Å². The van der Waals surface area contributed by atoms with E-state index in [9.17, 15) is 4.79 Å². The highest BCUT2D eigenvalue weighted by Crippen LogP contribution is 2.25. The van der Waals surface area contributed by atoms with Gasteiger partial charge in [0.1, 0.15) is 0 Å². The topological polar surface area (TPSA) is 44.7 Å². The van der Waals surface area contributed by atoms with Crippen molar-refractivity contribution in [3.05, 3.63) is 60.2 Å². The second-order valence-corrected chi connectivity index (χ2v) is 5.90. The number of benzene rings is 2. The van der Waals surface area contributed by atoms with Gasteiger partial charge in [0.2, 0.25) is 0 Å². The maximum absolute atomic E-state index is 10.9. The van der Waals surface area contributed by atoms with Gasteiger partial charge in [0.15, 0.2) is 0 Å². The van der Waals surface area contributed by atoms with Crippen LogP contribution in [0.1, 0.15) is 5.56 Å². The Morgan fingerprint density at radius 3 is 2.17 bits per heavy atom. The molecule has 0 fully saturated rings. The molecule has 1 amide bonds. The number of thioether (sulfide) groups is 2. The Morgan fingerprint density at radius 1 is 0.944 bits per heavy atom. The standard InChI is InChI=1S/C14H13NOS2/c15-14(16)18-13-8-6-12(7-9-13)17-10-11-4-2-1-3-5-11/h1-9H,10H2,(H2,15,16)/p+1. The molecule has 0 spiro atoms. The van der Waals surface area contributed by atoms with Crippen molar-refractivity contribution < 1.29 is 10.5 Å². The molecule has 2 aromatic rings. The van der Waals surface area contributed by atoms with E-state index in [2.05, 4.69) is 30.0 Å². The van der Waals surface area contributed by atoms with Crippen LogP contribution < -0.4 is 5.73 Å². The van der Waals surface area contributed by atoms with Gasteiger partial charge in [-0.05, 0) is 29.8 Å². The van der Waals surface area contributed by atoms with Crippen LogP contribution >= 0.6 is 23.5 Å². The number of hydrogen-bond acceptors (Lipinski definition) is 3. The van der Waals surface area contributed by atoms with E-state index < -0.39 is 0 Å². The Balaban J connectivity index is 1.92. The van der Waals surface area contributed by atoms with Crippen molar-refractivity contribution in [2.75, 3.05) is 0 Å². The molecule has 0 atom stereocenters. The molecule has 0 radical (unpaired) electrons. The molecule has 2 rings (SSSR count). The highest BCUT2D eigenvalue weighted by molar-refractivity contribution is 8.13. The molecule has 2 nitrogen and oxygen atoms in total. The molecule has 0 heterocycles. The zero-order valence-corrected chi connectivity index (χ0v) is 11.5. The summed E-state index contributed by atoms with van der Waals surface area (Å²) in [5.74, 6) is 0.960. The minimum absolute atomic E-state index is 0.125. The van der Waals surface area contributed by atoms with Gasteiger partial charge in [-0.25, -0.2) is 4.79 Å². The van der Waals surface area contributed by atoms with E-state index in [4.69, 9.17) is 0 Å². The van der Waals surface area contributed by atoms with Crippen LogP contribution in [0.4, 0.5) is 4.79 Å². The molecule has 2 aromatic carbocycles. The highest BCUT2D eigenvalue weighted by Gasteiger charge is 2.02. The normalized spacial score (nSPS) is 10.3. The van der Waals surface area contributed by atoms with E-state index in [0.717, 1.165) is 22.4 Å². The van der Waals surface area contributed by atoms with Gasteiger partial charge in [-0.1, -0.05) is 30.3 Å². The predicted octanol–water partition coefficient (Wildman–Crippen LogP) is 3.43. The van der Waals surface area contributed by atoms with Gasteiger partial charge in [0.25, 0.3) is 0 Å². The van der Waals surface area contributed by atoms with E-state index in [0.29, 0.717) is 0 Å². The lowest BCUT2D eigenvalue weighted by atomic mass is 10.2. The minimum Gasteiger partial charge on any atom is -0.284 e. The van der Waals surface area contributed by atoms with Crippen LogP contribution in [0.2, 0.25) is 0 Å². The van der Waals surface area contributed by atoms with Gasteiger partial charge in [-0.15, -0.1) is 11.8 Å². The monoisotopic (exact) mass is 276 g/mol. The van der Waals surface area contributed by atoms with Gasteiger partial charge in [-0.2, -0.15) is 0 Å². The Labute approximate surface area is 115 Å². The molecule has 0 aromatic heterocycles. The van der Waals surface area contributed by atoms with Crippen molar-refractivity contribution >= 4 is 28.8 Å². The average molecular weight is 276 g/mol. The van der Waals surface area contributed by atoms with Crippen LogP contribution in [0.25, 0.3) is 0 Å². The van der Waals surface area contributed by atoms with Crippen molar-refractivity contribution in [1.82, 2.24) is 0 Å². The molecule has 0 saturated heterocycles. The Bertz CT molecular complexity index is 511. The first-order valence-corrected chi connectivity index (χ1v) is 7.35. The Morgan fingerprint density at radius 2 is 1.56 bits per heavy atom. The summed E-state index contributed by atoms with van der Waals surface area (Å²) in [6.45, 7) is 0. The zero-order chi connectivity index (χ0) is 12.8. The Kier molecular flexibility index (Phi) is 4.87. The van der Waals surface area contributed by atoms with Crippen molar-refractivity contribution in [2.45, 2.75) is 15.5 Å². The number of amides is 1. The maximum atomic E-state index is 10.9. The number of carbonyl (C=O) groups is 1. The lowest BCUT2D eigenvalue weighted by molar-refractivity contribution is -0.232. The molecule has 0 aliphatic carbocycles. The molecule has 0 saturated carbocycles. The average Bonchev–Trinajstić information content (AvgIpc) is 2.38. The smallest absolute Gasteiger partial charge is 0.284 e. The third-order valence-corrected chi connectivity index (χ3v) is 4.12. The van der Waals surface area contributed by atoms with Crippen molar-refractivity contribution in [1.29, 1.82) is 0 Å². The van der Waals surface area contributed by atoms with Gasteiger partial charge >= 0.3 is 5.24 Å². The third-order valence-electron chi connectivity index (χ3n) is 2.30. The SMILES string of the molecule is [NH3+]C(=O)Sc1ccc(SCc2ccccc2)cc1. The lowest BCUT2D eigenvalue weighted by Crippen LogP contribution is -2.53. The fourth-order valence-electron chi connectivity index (χ4n) is 1.48. The fraction of sp³-hybridized carbons (Fsp3) is 0.0714. The van der Waals surface area contributed by atoms with Gasteiger partial charge in [-0.3, -0.25) is 5.73 Å². The molecular formula is C14H14NOS2+. The molecule has 0 bridgehead atoms.